The first-order chi connectivity index (χ1) is 9.52. The number of halogens is 2. The number of fused-ring (bicyclic) bond motifs is 1. The summed E-state index contributed by atoms with van der Waals surface area (Å²) in [4.78, 5) is 9.08. The van der Waals surface area contributed by atoms with Crippen molar-refractivity contribution in [2.24, 2.45) is 0 Å². The first-order valence-corrected chi connectivity index (χ1v) is 7.70. The fraction of sp³-hybridized carbons (Fsp3) is 0.125. The van der Waals surface area contributed by atoms with Crippen LogP contribution in [0.2, 0.25) is 5.15 Å². The van der Waals surface area contributed by atoms with E-state index in [9.17, 15) is 0 Å². The molecule has 1 heterocycles. The Kier molecular flexibility index (Phi) is 3.65. The van der Waals surface area contributed by atoms with Gasteiger partial charge < -0.3 is 0 Å². The number of hydrogen-bond donors (Lipinski definition) is 0. The van der Waals surface area contributed by atoms with Gasteiger partial charge >= 0.3 is 0 Å². The van der Waals surface area contributed by atoms with Crippen molar-refractivity contribution in [1.82, 2.24) is 9.97 Å². The smallest absolute Gasteiger partial charge is 0.161 e. The zero-order valence-electron chi connectivity index (χ0n) is 11.1. The van der Waals surface area contributed by atoms with Crippen LogP contribution in [0, 0.1) is 17.4 Å². The number of aromatic nitrogens is 2. The Bertz CT molecular complexity index is 795. The van der Waals surface area contributed by atoms with Gasteiger partial charge in [-0.05, 0) is 66.8 Å². The molecule has 4 heteroatoms. The molecule has 0 unspecified atom stereocenters. The monoisotopic (exact) mass is 394 g/mol. The maximum atomic E-state index is 6.31. The molecule has 0 fully saturated rings. The van der Waals surface area contributed by atoms with Gasteiger partial charge in [-0.2, -0.15) is 0 Å². The Morgan fingerprint density at radius 2 is 1.65 bits per heavy atom. The van der Waals surface area contributed by atoms with Gasteiger partial charge in [0.2, 0.25) is 0 Å². The third kappa shape index (κ3) is 2.65. The third-order valence-electron chi connectivity index (χ3n) is 3.09. The molecule has 0 saturated heterocycles. The van der Waals surface area contributed by atoms with Crippen molar-refractivity contribution in [2.75, 3.05) is 0 Å². The number of rotatable bonds is 1. The van der Waals surface area contributed by atoms with Crippen LogP contribution in [-0.2, 0) is 0 Å². The predicted molar refractivity (Wildman–Crippen MR) is 92.2 cm³/mol. The Labute approximate surface area is 136 Å². The van der Waals surface area contributed by atoms with Gasteiger partial charge in [0.1, 0.15) is 5.15 Å². The lowest BCUT2D eigenvalue weighted by molar-refractivity contribution is 1.22. The molecule has 0 aliphatic rings. The molecule has 0 radical (unpaired) electrons. The lowest BCUT2D eigenvalue weighted by Crippen LogP contribution is -1.93. The van der Waals surface area contributed by atoms with Crippen LogP contribution in [0.5, 0.6) is 0 Å². The number of aryl methyl sites for hydroxylation is 2. The molecule has 3 rings (SSSR count). The molecule has 2 nitrogen and oxygen atoms in total. The minimum Gasteiger partial charge on any atom is -0.228 e. The molecular formula is C16H12ClIN2. The second kappa shape index (κ2) is 5.30. The molecule has 0 aliphatic carbocycles. The van der Waals surface area contributed by atoms with Crippen LogP contribution in [-0.4, -0.2) is 9.97 Å². The first-order valence-electron chi connectivity index (χ1n) is 6.24. The molecule has 3 aromatic rings. The van der Waals surface area contributed by atoms with Gasteiger partial charge in [-0.1, -0.05) is 28.8 Å². The molecule has 0 N–H and O–H groups in total. The van der Waals surface area contributed by atoms with E-state index in [2.05, 4.69) is 64.6 Å². The van der Waals surface area contributed by atoms with Crippen LogP contribution in [0.25, 0.3) is 22.3 Å². The SMILES string of the molecule is Cc1cc(C)cc(-c2nc(Cl)c3cc(I)ccc3n2)c1. The van der Waals surface area contributed by atoms with Crippen LogP contribution in [0.1, 0.15) is 11.1 Å². The molecule has 0 atom stereocenters. The van der Waals surface area contributed by atoms with Crippen LogP contribution in [0.3, 0.4) is 0 Å². The second-order valence-electron chi connectivity index (χ2n) is 4.88. The molecule has 2 aromatic carbocycles. The van der Waals surface area contributed by atoms with E-state index in [4.69, 9.17) is 11.6 Å². The fourth-order valence-corrected chi connectivity index (χ4v) is 3.02. The Morgan fingerprint density at radius 3 is 2.35 bits per heavy atom. The van der Waals surface area contributed by atoms with Crippen molar-refractivity contribution >= 4 is 45.1 Å². The number of hydrogen-bond acceptors (Lipinski definition) is 2. The second-order valence-corrected chi connectivity index (χ2v) is 6.48. The summed E-state index contributed by atoms with van der Waals surface area (Å²) in [5, 5.41) is 1.40. The van der Waals surface area contributed by atoms with Gasteiger partial charge in [-0.3, -0.25) is 0 Å². The molecule has 100 valence electrons. The van der Waals surface area contributed by atoms with E-state index in [0.29, 0.717) is 11.0 Å². The Morgan fingerprint density at radius 1 is 0.950 bits per heavy atom. The average Bonchev–Trinajstić information content (AvgIpc) is 2.38. The maximum absolute atomic E-state index is 6.31. The zero-order chi connectivity index (χ0) is 14.3. The van der Waals surface area contributed by atoms with E-state index in [-0.39, 0.29) is 0 Å². The number of benzene rings is 2. The molecule has 20 heavy (non-hydrogen) atoms. The van der Waals surface area contributed by atoms with E-state index in [1.807, 2.05) is 18.2 Å². The van der Waals surface area contributed by atoms with Crippen molar-refractivity contribution < 1.29 is 0 Å². The molecule has 0 saturated carbocycles. The van der Waals surface area contributed by atoms with Crippen LogP contribution in [0.15, 0.2) is 36.4 Å². The quantitative estimate of drug-likeness (QED) is 0.420. The summed E-state index contributed by atoms with van der Waals surface area (Å²) in [6.45, 7) is 4.14. The summed E-state index contributed by atoms with van der Waals surface area (Å²) in [6.07, 6.45) is 0. The van der Waals surface area contributed by atoms with E-state index in [1.54, 1.807) is 0 Å². The lowest BCUT2D eigenvalue weighted by Gasteiger charge is -2.07. The number of nitrogens with zero attached hydrogens (tertiary/aromatic N) is 2. The highest BCUT2D eigenvalue weighted by Crippen LogP contribution is 2.27. The summed E-state index contributed by atoms with van der Waals surface area (Å²) in [5.74, 6) is 0.676. The zero-order valence-corrected chi connectivity index (χ0v) is 14.0. The van der Waals surface area contributed by atoms with E-state index in [1.165, 1.54) is 11.1 Å². The topological polar surface area (TPSA) is 25.8 Å². The van der Waals surface area contributed by atoms with Gasteiger partial charge in [0.25, 0.3) is 0 Å². The van der Waals surface area contributed by atoms with Crippen molar-refractivity contribution in [3.63, 3.8) is 0 Å². The van der Waals surface area contributed by atoms with Gasteiger partial charge in [-0.15, -0.1) is 0 Å². The largest absolute Gasteiger partial charge is 0.228 e. The molecule has 1 aromatic heterocycles. The van der Waals surface area contributed by atoms with Gasteiger partial charge in [0, 0.05) is 14.5 Å². The van der Waals surface area contributed by atoms with E-state index in [0.717, 1.165) is 20.0 Å². The van der Waals surface area contributed by atoms with Gasteiger partial charge in [0.15, 0.2) is 5.82 Å². The third-order valence-corrected chi connectivity index (χ3v) is 4.05. The normalized spacial score (nSPS) is 11.0. The van der Waals surface area contributed by atoms with Gasteiger partial charge in [0.05, 0.1) is 5.52 Å². The van der Waals surface area contributed by atoms with Gasteiger partial charge in [-0.25, -0.2) is 9.97 Å². The summed E-state index contributed by atoms with van der Waals surface area (Å²) >= 11 is 8.57. The summed E-state index contributed by atoms with van der Waals surface area (Å²) < 4.78 is 1.12. The van der Waals surface area contributed by atoms with E-state index < -0.39 is 0 Å². The highest BCUT2D eigenvalue weighted by Gasteiger charge is 2.09. The molecule has 0 bridgehead atoms. The van der Waals surface area contributed by atoms with Crippen LogP contribution < -0.4 is 0 Å². The minimum absolute atomic E-state index is 0.502. The van der Waals surface area contributed by atoms with E-state index >= 15 is 0 Å². The molecular weight excluding hydrogens is 383 g/mol. The average molecular weight is 395 g/mol. The summed E-state index contributed by atoms with van der Waals surface area (Å²) in [5.41, 5.74) is 4.27. The molecule has 0 aliphatic heterocycles. The van der Waals surface area contributed by atoms with Crippen molar-refractivity contribution in [2.45, 2.75) is 13.8 Å². The fourth-order valence-electron chi connectivity index (χ4n) is 2.30. The standard InChI is InChI=1S/C16H12ClIN2/c1-9-5-10(2)7-11(6-9)16-19-14-4-3-12(18)8-13(14)15(17)20-16/h3-8H,1-2H3. The lowest BCUT2D eigenvalue weighted by atomic mass is 10.1. The minimum atomic E-state index is 0.502. The first kappa shape index (κ1) is 13.8. The van der Waals surface area contributed by atoms with Crippen molar-refractivity contribution in [1.29, 1.82) is 0 Å². The summed E-state index contributed by atoms with van der Waals surface area (Å²) in [6, 6.07) is 12.3. The van der Waals surface area contributed by atoms with Crippen LogP contribution >= 0.6 is 34.2 Å². The van der Waals surface area contributed by atoms with Crippen molar-refractivity contribution in [3.8, 4) is 11.4 Å². The Hall–Kier alpha value is -1.20. The summed E-state index contributed by atoms with van der Waals surface area (Å²) in [7, 11) is 0. The highest BCUT2D eigenvalue weighted by atomic mass is 127. The van der Waals surface area contributed by atoms with Crippen molar-refractivity contribution in [3.05, 3.63) is 56.2 Å². The highest BCUT2D eigenvalue weighted by molar-refractivity contribution is 14.1. The predicted octanol–water partition coefficient (Wildman–Crippen LogP) is 5.17. The van der Waals surface area contributed by atoms with Crippen LogP contribution in [0.4, 0.5) is 0 Å². The maximum Gasteiger partial charge on any atom is 0.161 e. The molecule has 0 spiro atoms. The molecule has 0 amide bonds. The Balaban J connectivity index is 2.24.